The fourth-order valence-electron chi connectivity index (χ4n) is 1.06. The normalized spacial score (nSPS) is 12.4. The predicted molar refractivity (Wildman–Crippen MR) is 53.1 cm³/mol. The molecular weight excluding hydrogens is 221 g/mol. The van der Waals surface area contributed by atoms with Crippen LogP contribution >= 0.6 is 0 Å². The lowest BCUT2D eigenvalue weighted by atomic mass is 10.1. The van der Waals surface area contributed by atoms with E-state index >= 15 is 0 Å². The van der Waals surface area contributed by atoms with E-state index in [1.807, 2.05) is 0 Å². The zero-order valence-electron chi connectivity index (χ0n) is 8.41. The summed E-state index contributed by atoms with van der Waals surface area (Å²) in [6.07, 6.45) is -4.04. The van der Waals surface area contributed by atoms with Crippen LogP contribution in [0, 0.1) is 0 Å². The fourth-order valence-corrected chi connectivity index (χ4v) is 1.06. The summed E-state index contributed by atoms with van der Waals surface area (Å²) in [6.45, 7) is 0. The molecule has 0 radical (unpaired) electrons. The van der Waals surface area contributed by atoms with Crippen LogP contribution in [0.3, 0.4) is 0 Å². The Bertz CT molecular complexity index is 391. The van der Waals surface area contributed by atoms with Gasteiger partial charge in [0, 0.05) is 0 Å². The first-order valence-electron chi connectivity index (χ1n) is 4.35. The Hall–Kier alpha value is -1.78. The molecule has 2 nitrogen and oxygen atoms in total. The van der Waals surface area contributed by atoms with Crippen LogP contribution < -0.4 is 4.74 Å². The molecule has 0 heterocycles. The van der Waals surface area contributed by atoms with Crippen molar-refractivity contribution in [2.75, 3.05) is 7.11 Å². The number of alkyl halides is 3. The summed E-state index contributed by atoms with van der Waals surface area (Å²) in [5.41, 5.74) is -0.919. The SMILES string of the molecule is COc1ccc(/C=C(\C=O)C(F)(F)F)cc1. The molecule has 1 aromatic rings. The minimum Gasteiger partial charge on any atom is -0.497 e. The van der Waals surface area contributed by atoms with Gasteiger partial charge in [-0.3, -0.25) is 4.79 Å². The van der Waals surface area contributed by atoms with Crippen molar-refractivity contribution in [1.82, 2.24) is 0 Å². The first kappa shape index (κ1) is 12.3. The molecule has 1 rings (SSSR count). The van der Waals surface area contributed by atoms with Crippen LogP contribution in [0.5, 0.6) is 5.75 Å². The third-order valence-electron chi connectivity index (χ3n) is 1.89. The molecule has 0 fully saturated rings. The maximum atomic E-state index is 12.2. The molecule has 16 heavy (non-hydrogen) atoms. The summed E-state index contributed by atoms with van der Waals surface area (Å²) in [6, 6.07) is 5.91. The monoisotopic (exact) mass is 230 g/mol. The van der Waals surface area contributed by atoms with Gasteiger partial charge in [0.1, 0.15) is 5.75 Å². The molecule has 0 amide bonds. The van der Waals surface area contributed by atoms with E-state index in [9.17, 15) is 18.0 Å². The minimum atomic E-state index is -4.62. The molecule has 0 N–H and O–H groups in total. The summed E-state index contributed by atoms with van der Waals surface area (Å²) in [5.74, 6) is 0.539. The van der Waals surface area contributed by atoms with Gasteiger partial charge >= 0.3 is 6.18 Å². The number of methoxy groups -OCH3 is 1. The van der Waals surface area contributed by atoms with E-state index < -0.39 is 11.7 Å². The Morgan fingerprint density at radius 3 is 2.19 bits per heavy atom. The number of aldehydes is 1. The first-order chi connectivity index (χ1) is 7.47. The topological polar surface area (TPSA) is 26.3 Å². The smallest absolute Gasteiger partial charge is 0.419 e. The molecule has 0 aliphatic heterocycles. The molecule has 0 aliphatic carbocycles. The van der Waals surface area contributed by atoms with Crippen molar-refractivity contribution < 1.29 is 22.7 Å². The van der Waals surface area contributed by atoms with E-state index in [1.165, 1.54) is 31.4 Å². The van der Waals surface area contributed by atoms with Gasteiger partial charge in [-0.1, -0.05) is 12.1 Å². The maximum absolute atomic E-state index is 12.2. The van der Waals surface area contributed by atoms with Crippen LogP contribution in [0.1, 0.15) is 5.56 Å². The van der Waals surface area contributed by atoms with Crippen LogP contribution in [-0.2, 0) is 4.79 Å². The van der Waals surface area contributed by atoms with Crippen LogP contribution in [0.25, 0.3) is 6.08 Å². The molecule has 0 saturated heterocycles. The van der Waals surface area contributed by atoms with Gasteiger partial charge in [-0.25, -0.2) is 0 Å². The number of rotatable bonds is 3. The largest absolute Gasteiger partial charge is 0.497 e. The van der Waals surface area contributed by atoms with Gasteiger partial charge in [0.2, 0.25) is 0 Å². The lowest BCUT2D eigenvalue weighted by Crippen LogP contribution is -2.12. The first-order valence-corrected chi connectivity index (χ1v) is 4.35. The van der Waals surface area contributed by atoms with Gasteiger partial charge in [0.15, 0.2) is 6.29 Å². The summed E-state index contributed by atoms with van der Waals surface area (Å²) >= 11 is 0. The molecule has 0 bridgehead atoms. The van der Waals surface area contributed by atoms with E-state index in [2.05, 4.69) is 0 Å². The third kappa shape index (κ3) is 3.12. The highest BCUT2D eigenvalue weighted by atomic mass is 19.4. The van der Waals surface area contributed by atoms with E-state index in [4.69, 9.17) is 4.74 Å². The molecule has 0 saturated carbocycles. The number of allylic oxidation sites excluding steroid dienone is 1. The number of carbonyl (C=O) groups excluding carboxylic acids is 1. The highest BCUT2D eigenvalue weighted by molar-refractivity contribution is 5.83. The van der Waals surface area contributed by atoms with Crippen molar-refractivity contribution >= 4 is 12.4 Å². The van der Waals surface area contributed by atoms with Crippen molar-refractivity contribution in [2.45, 2.75) is 6.18 Å². The molecule has 0 spiro atoms. The highest BCUT2D eigenvalue weighted by Gasteiger charge is 2.33. The summed E-state index contributed by atoms with van der Waals surface area (Å²) in [5, 5.41) is 0. The summed E-state index contributed by atoms with van der Waals surface area (Å²) < 4.78 is 41.5. The Morgan fingerprint density at radius 2 is 1.81 bits per heavy atom. The average Bonchev–Trinajstić information content (AvgIpc) is 2.25. The minimum absolute atomic E-state index is 0.204. The molecule has 1 aromatic carbocycles. The van der Waals surface area contributed by atoms with E-state index in [0.29, 0.717) is 11.3 Å². The van der Waals surface area contributed by atoms with Crippen LogP contribution in [-0.4, -0.2) is 19.6 Å². The second kappa shape index (κ2) is 4.83. The van der Waals surface area contributed by atoms with E-state index in [1.54, 1.807) is 0 Å². The van der Waals surface area contributed by atoms with Crippen LogP contribution in [0.15, 0.2) is 29.8 Å². The van der Waals surface area contributed by atoms with Crippen LogP contribution in [0.4, 0.5) is 13.2 Å². The van der Waals surface area contributed by atoms with Gasteiger partial charge < -0.3 is 4.74 Å². The summed E-state index contributed by atoms with van der Waals surface area (Å²) in [4.78, 5) is 10.3. The molecule has 0 unspecified atom stereocenters. The lowest BCUT2D eigenvalue weighted by Gasteiger charge is -2.05. The summed E-state index contributed by atoms with van der Waals surface area (Å²) in [7, 11) is 1.46. The van der Waals surface area contributed by atoms with Gasteiger partial charge in [-0.05, 0) is 23.8 Å². The maximum Gasteiger partial charge on any atom is 0.419 e. The Labute approximate surface area is 90.3 Å². The molecule has 0 atom stereocenters. The van der Waals surface area contributed by atoms with Gasteiger partial charge in [-0.15, -0.1) is 0 Å². The number of carbonyl (C=O) groups is 1. The zero-order chi connectivity index (χ0) is 12.2. The quantitative estimate of drug-likeness (QED) is 0.589. The molecule has 0 aliphatic rings. The molecule has 86 valence electrons. The Morgan fingerprint density at radius 1 is 1.25 bits per heavy atom. The zero-order valence-corrected chi connectivity index (χ0v) is 8.41. The standard InChI is InChI=1S/C11H9F3O2/c1-16-10-4-2-8(3-5-10)6-9(7-15)11(12,13)14/h2-7H,1H3/b9-6+. The van der Waals surface area contributed by atoms with E-state index in [-0.39, 0.29) is 6.29 Å². The van der Waals surface area contributed by atoms with Crippen molar-refractivity contribution in [3.8, 4) is 5.75 Å². The van der Waals surface area contributed by atoms with Crippen molar-refractivity contribution in [3.63, 3.8) is 0 Å². The Balaban J connectivity index is 3.00. The van der Waals surface area contributed by atoms with E-state index in [0.717, 1.165) is 6.08 Å². The highest BCUT2D eigenvalue weighted by Crippen LogP contribution is 2.26. The number of halogens is 3. The fraction of sp³-hybridized carbons (Fsp3) is 0.182. The third-order valence-corrected chi connectivity index (χ3v) is 1.89. The number of hydrogen-bond donors (Lipinski definition) is 0. The molecular formula is C11H9F3O2. The van der Waals surface area contributed by atoms with Crippen molar-refractivity contribution in [3.05, 3.63) is 35.4 Å². The number of hydrogen-bond acceptors (Lipinski definition) is 2. The second-order valence-corrected chi connectivity index (χ2v) is 2.99. The molecule has 0 aromatic heterocycles. The van der Waals surface area contributed by atoms with Crippen molar-refractivity contribution in [1.29, 1.82) is 0 Å². The average molecular weight is 230 g/mol. The van der Waals surface area contributed by atoms with Gasteiger partial charge in [-0.2, -0.15) is 13.2 Å². The lowest BCUT2D eigenvalue weighted by molar-refractivity contribution is -0.118. The van der Waals surface area contributed by atoms with Crippen LogP contribution in [0.2, 0.25) is 0 Å². The second-order valence-electron chi connectivity index (χ2n) is 2.99. The van der Waals surface area contributed by atoms with Gasteiger partial charge in [0.25, 0.3) is 0 Å². The van der Waals surface area contributed by atoms with Gasteiger partial charge in [0.05, 0.1) is 12.7 Å². The molecule has 5 heteroatoms. The Kier molecular flexibility index (Phi) is 3.71. The number of ether oxygens (including phenoxy) is 1. The number of benzene rings is 1. The predicted octanol–water partition coefficient (Wildman–Crippen LogP) is 2.84. The van der Waals surface area contributed by atoms with Crippen molar-refractivity contribution in [2.24, 2.45) is 0 Å².